The number of H-pyrrole nitrogens is 1. The molecule has 1 aliphatic carbocycles. The minimum atomic E-state index is -4.63. The number of nitro groups is 1. The number of anilines is 2. The molecule has 13 rings (SSSR count). The summed E-state index contributed by atoms with van der Waals surface area (Å²) in [6.07, 6.45) is 14.4. The zero-order chi connectivity index (χ0) is 64.5. The van der Waals surface area contributed by atoms with Gasteiger partial charge in [-0.15, -0.1) is 5.10 Å². The number of carbonyl (C=O) groups excluding carboxylic acids is 4. The number of halogens is 1. The molecule has 0 radical (unpaired) electrons. The number of hydrogen-bond donors (Lipinski definition) is 4. The van der Waals surface area contributed by atoms with Crippen LogP contribution in [0.5, 0.6) is 11.5 Å². The van der Waals surface area contributed by atoms with E-state index in [0.29, 0.717) is 49.1 Å². The molecule has 3 aromatic heterocycles. The Bertz CT molecular complexity index is 4150. The Hall–Kier alpha value is -8.55. The van der Waals surface area contributed by atoms with Gasteiger partial charge in [-0.2, -0.15) is 0 Å². The minimum absolute atomic E-state index is 0.0486. The molecule has 0 bridgehead atoms. The summed E-state index contributed by atoms with van der Waals surface area (Å²) in [5.41, 5.74) is 8.36. The number of allylic oxidation sites excluding steroid dienone is 1. The van der Waals surface area contributed by atoms with Crippen molar-refractivity contribution in [1.82, 2.24) is 54.6 Å². The van der Waals surface area contributed by atoms with Crippen molar-refractivity contribution in [1.29, 1.82) is 0 Å². The van der Waals surface area contributed by atoms with E-state index in [4.69, 9.17) is 16.3 Å². The van der Waals surface area contributed by atoms with Crippen LogP contribution in [0.15, 0.2) is 120 Å². The van der Waals surface area contributed by atoms with Crippen LogP contribution in [0.1, 0.15) is 116 Å². The molecule has 486 valence electrons. The summed E-state index contributed by atoms with van der Waals surface area (Å²) in [6.45, 7) is 14.0. The van der Waals surface area contributed by atoms with Gasteiger partial charge in [0, 0.05) is 104 Å². The topological polar surface area (TPSA) is 266 Å². The van der Waals surface area contributed by atoms with E-state index in [1.165, 1.54) is 39.9 Å². The number of nitrogens with zero attached hydrogens (tertiary/aromatic N) is 10. The highest BCUT2D eigenvalue weighted by Crippen LogP contribution is 2.44. The van der Waals surface area contributed by atoms with Crippen molar-refractivity contribution in [3.63, 3.8) is 0 Å². The molecular formula is C68H77ClN14O9S. The zero-order valence-electron chi connectivity index (χ0n) is 52.3. The second-order valence-electron chi connectivity index (χ2n) is 26.3. The van der Waals surface area contributed by atoms with Crippen LogP contribution in [0.4, 0.5) is 17.1 Å². The molecule has 0 saturated carbocycles. The van der Waals surface area contributed by atoms with E-state index in [0.717, 1.165) is 149 Å². The second kappa shape index (κ2) is 26.8. The van der Waals surface area contributed by atoms with E-state index in [1.807, 2.05) is 36.5 Å². The fourth-order valence-electron chi connectivity index (χ4n) is 14.3. The fourth-order valence-corrected chi connectivity index (χ4v) is 15.4. The highest BCUT2D eigenvalue weighted by Gasteiger charge is 2.41. The number of ether oxygens (including phenoxy) is 1. The molecule has 1 atom stereocenters. The van der Waals surface area contributed by atoms with E-state index >= 15 is 0 Å². The van der Waals surface area contributed by atoms with Gasteiger partial charge in [0.1, 0.15) is 28.9 Å². The summed E-state index contributed by atoms with van der Waals surface area (Å²) in [5.74, 6) is -1.26. The molecule has 4 aromatic carbocycles. The first-order chi connectivity index (χ1) is 44.9. The molecule has 25 heteroatoms. The average molecular weight is 1300 g/mol. The zero-order valence-corrected chi connectivity index (χ0v) is 53.9. The molecule has 0 spiro atoms. The number of hydrogen-bond acceptors (Lipinski definition) is 17. The number of benzene rings is 4. The maximum atomic E-state index is 14.2. The van der Waals surface area contributed by atoms with Gasteiger partial charge in [0.05, 0.1) is 39.2 Å². The molecule has 5 aliphatic heterocycles. The van der Waals surface area contributed by atoms with Crippen LogP contribution in [0.3, 0.4) is 0 Å². The number of amides is 4. The van der Waals surface area contributed by atoms with Crippen molar-refractivity contribution in [3.8, 4) is 17.2 Å². The van der Waals surface area contributed by atoms with Crippen LogP contribution < -0.4 is 25.0 Å². The number of likely N-dealkylation sites (tertiary alicyclic amines) is 2. The van der Waals surface area contributed by atoms with Gasteiger partial charge < -0.3 is 34.6 Å². The van der Waals surface area contributed by atoms with Crippen molar-refractivity contribution in [2.24, 2.45) is 11.3 Å². The van der Waals surface area contributed by atoms with E-state index in [1.54, 1.807) is 41.2 Å². The number of piperazine rings is 1. The molecule has 1 unspecified atom stereocenters. The number of piperidine rings is 3. The molecule has 4 N–H and O–H groups in total. The molecule has 4 amide bonds. The van der Waals surface area contributed by atoms with Crippen LogP contribution in [0, 0.1) is 21.4 Å². The second-order valence-corrected chi connectivity index (χ2v) is 28.4. The smallest absolute Gasteiger partial charge is 0.293 e. The van der Waals surface area contributed by atoms with Gasteiger partial charge in [-0.3, -0.25) is 39.5 Å². The average Bonchev–Trinajstić information content (AvgIpc) is 1.69. The lowest BCUT2D eigenvalue weighted by Gasteiger charge is -2.42. The molecule has 7 aromatic rings. The van der Waals surface area contributed by atoms with E-state index in [9.17, 15) is 37.7 Å². The number of fused-ring (bicyclic) bond motifs is 2. The van der Waals surface area contributed by atoms with Crippen molar-refractivity contribution in [3.05, 3.63) is 158 Å². The summed E-state index contributed by atoms with van der Waals surface area (Å²) < 4.78 is 38.4. The van der Waals surface area contributed by atoms with Crippen LogP contribution >= 0.6 is 11.6 Å². The molecule has 8 heterocycles. The summed E-state index contributed by atoms with van der Waals surface area (Å²) >= 11 is 6.28. The maximum Gasteiger partial charge on any atom is 0.293 e. The first-order valence-corrected chi connectivity index (χ1v) is 34.2. The van der Waals surface area contributed by atoms with E-state index < -0.39 is 43.4 Å². The SMILES string of the molecule is CC1(C)CCC(CN2CCN(c3ccc(C(=O)NS(=O)(=O)c4ccc(NCC5CCN(C6CCN(CCCc7cn(-c8cccc9c8CN(C8CCC(=O)NC8=O)C9=O)nn7)CC6)CC5)c([N+](=O)[O-])c4)c(Oc4cnc5[nH]ccc5c4)c3)CC2)=C(c2ccc(Cl)cc2)C1. The van der Waals surface area contributed by atoms with Crippen LogP contribution in [-0.2, 0) is 32.6 Å². The number of imide groups is 1. The number of aromatic nitrogens is 5. The standard InChI is InChI=1S/C68H77ClN14O9S/c1-68(2)24-18-47(56(38-68)45-8-10-48(69)11-9-45)41-78-31-33-80(34-32-78)51-12-14-55(62(36-51)92-52-35-46-19-25-70-64(46)72-40-52)65(85)75-93(90,91)53-13-15-58(61(37-53)83(88)89)71-39-44-20-29-79(30-21-44)50-22-27-77(28-23-50)26-4-5-49-42-82(76-74-49)59-7-3-6-54-57(59)43-81(67(54)87)60-16-17-63(84)73-66(60)86/h3,6-15,19,25,35-37,40,42,44,50,60,71H,4-5,16-18,20-24,26-34,38-39,41,43H2,1-2H3,(H,70,72)(H,75,85)(H,73,84,86). The minimum Gasteiger partial charge on any atom is -0.455 e. The lowest BCUT2D eigenvalue weighted by atomic mass is 9.72. The third-order valence-corrected chi connectivity index (χ3v) is 21.2. The van der Waals surface area contributed by atoms with Gasteiger partial charge in [0.15, 0.2) is 0 Å². The van der Waals surface area contributed by atoms with Crippen molar-refractivity contribution in [2.75, 3.05) is 82.2 Å². The van der Waals surface area contributed by atoms with Crippen LogP contribution in [-0.4, -0.2) is 166 Å². The number of pyridine rings is 1. The Morgan fingerprint density at radius 2 is 1.68 bits per heavy atom. The number of carbonyl (C=O) groups is 4. The first kappa shape index (κ1) is 63.2. The van der Waals surface area contributed by atoms with Crippen molar-refractivity contribution in [2.45, 2.75) is 108 Å². The Balaban J connectivity index is 0.584. The molecule has 6 aliphatic rings. The van der Waals surface area contributed by atoms with Gasteiger partial charge in [0.2, 0.25) is 11.8 Å². The van der Waals surface area contributed by atoms with Crippen LogP contribution in [0.2, 0.25) is 5.02 Å². The lowest BCUT2D eigenvalue weighted by Crippen LogP contribution is -2.52. The number of nitrogens with one attached hydrogen (secondary N) is 4. The largest absolute Gasteiger partial charge is 0.455 e. The van der Waals surface area contributed by atoms with Crippen molar-refractivity contribution < 1.29 is 37.3 Å². The predicted octanol–water partition coefficient (Wildman–Crippen LogP) is 9.38. The van der Waals surface area contributed by atoms with Crippen molar-refractivity contribution >= 4 is 78.9 Å². The Kier molecular flexibility index (Phi) is 18.2. The fraction of sp³-hybridized carbons (Fsp3) is 0.426. The molecule has 4 fully saturated rings. The quantitative estimate of drug-likeness (QED) is 0.0314. The highest BCUT2D eigenvalue weighted by atomic mass is 35.5. The maximum absolute atomic E-state index is 14.2. The first-order valence-electron chi connectivity index (χ1n) is 32.3. The van der Waals surface area contributed by atoms with Gasteiger partial charge in [-0.1, -0.05) is 54.4 Å². The summed E-state index contributed by atoms with van der Waals surface area (Å²) in [5, 5.41) is 28.5. The monoisotopic (exact) mass is 1300 g/mol. The molecule has 4 saturated heterocycles. The highest BCUT2D eigenvalue weighted by molar-refractivity contribution is 7.90. The van der Waals surface area contributed by atoms with Crippen LogP contribution in [0.25, 0.3) is 22.3 Å². The number of sulfonamides is 1. The molecule has 23 nitrogen and oxygen atoms in total. The van der Waals surface area contributed by atoms with E-state index in [-0.39, 0.29) is 53.1 Å². The summed E-state index contributed by atoms with van der Waals surface area (Å²) in [7, 11) is -4.63. The predicted molar refractivity (Wildman–Crippen MR) is 353 cm³/mol. The third-order valence-electron chi connectivity index (χ3n) is 19.6. The number of nitro benzene ring substituents is 1. The van der Waals surface area contributed by atoms with Gasteiger partial charge >= 0.3 is 0 Å². The van der Waals surface area contributed by atoms with Gasteiger partial charge in [-0.05, 0) is 180 Å². The molecule has 93 heavy (non-hydrogen) atoms. The third kappa shape index (κ3) is 14.2. The normalized spacial score (nSPS) is 19.7. The Morgan fingerprint density at radius 3 is 2.45 bits per heavy atom. The number of rotatable bonds is 20. The summed E-state index contributed by atoms with van der Waals surface area (Å²) in [6, 6.07) is 25.8. The molecular weight excluding hydrogens is 1220 g/mol. The van der Waals surface area contributed by atoms with Gasteiger partial charge in [-0.25, -0.2) is 22.8 Å². The summed E-state index contributed by atoms with van der Waals surface area (Å²) in [4.78, 5) is 82.4. The van der Waals surface area contributed by atoms with E-state index in [2.05, 4.69) is 81.2 Å². The van der Waals surface area contributed by atoms with Gasteiger partial charge in [0.25, 0.3) is 27.5 Å². The lowest BCUT2D eigenvalue weighted by molar-refractivity contribution is -0.384. The number of aromatic amines is 1. The Morgan fingerprint density at radius 1 is 0.882 bits per heavy atom. The number of aryl methyl sites for hydroxylation is 1. The Labute approximate surface area is 545 Å².